The maximum atomic E-state index is 12.3. The molecule has 4 aromatic heterocycles. The van der Waals surface area contributed by atoms with Crippen molar-refractivity contribution in [3.05, 3.63) is 53.6 Å². The van der Waals surface area contributed by atoms with E-state index in [9.17, 15) is 4.79 Å². The lowest BCUT2D eigenvalue weighted by Gasteiger charge is -2.03. The van der Waals surface area contributed by atoms with Crippen LogP contribution in [-0.4, -0.2) is 45.6 Å². The molecule has 4 aromatic rings. The third-order valence-electron chi connectivity index (χ3n) is 5.63. The molecule has 1 aliphatic rings. The van der Waals surface area contributed by atoms with Crippen molar-refractivity contribution in [1.29, 1.82) is 0 Å². The molecule has 5 rings (SSSR count). The summed E-state index contributed by atoms with van der Waals surface area (Å²) in [6.45, 7) is 1.05. The standard InChI is InChI=1S/C21H25N9O/c1-29-9-7-22-19(29)12-23-21(31)18-13-30(28-26-18)8-3-2-4-16-10-15-11-17(14-5-6-14)24-20(15)27-25-16/h7,9-11,13-14H,2-6,8,12H2,1H3,(H,23,31)(H,24,27). The van der Waals surface area contributed by atoms with E-state index in [1.807, 2.05) is 17.8 Å². The minimum absolute atomic E-state index is 0.255. The molecule has 1 aliphatic carbocycles. The summed E-state index contributed by atoms with van der Waals surface area (Å²) in [7, 11) is 1.89. The Kier molecular flexibility index (Phi) is 5.19. The molecule has 10 nitrogen and oxygen atoms in total. The summed E-state index contributed by atoms with van der Waals surface area (Å²) >= 11 is 0. The first-order chi connectivity index (χ1) is 15.2. The number of carbonyl (C=O) groups is 1. The Balaban J connectivity index is 1.08. The predicted octanol–water partition coefficient (Wildman–Crippen LogP) is 2.11. The topological polar surface area (TPSA) is 119 Å². The number of H-pyrrole nitrogens is 1. The normalized spacial score (nSPS) is 13.7. The summed E-state index contributed by atoms with van der Waals surface area (Å²) in [4.78, 5) is 19.8. The largest absolute Gasteiger partial charge is 0.343 e. The minimum atomic E-state index is -0.255. The molecule has 0 atom stereocenters. The number of nitrogens with one attached hydrogen (secondary N) is 2. The molecule has 31 heavy (non-hydrogen) atoms. The number of rotatable bonds is 9. The first kappa shape index (κ1) is 19.4. The third-order valence-corrected chi connectivity index (χ3v) is 5.63. The Morgan fingerprint density at radius 3 is 2.94 bits per heavy atom. The van der Waals surface area contributed by atoms with E-state index < -0.39 is 0 Å². The molecule has 0 aliphatic heterocycles. The van der Waals surface area contributed by atoms with Gasteiger partial charge in [-0.3, -0.25) is 9.48 Å². The highest BCUT2D eigenvalue weighted by Gasteiger charge is 2.25. The van der Waals surface area contributed by atoms with E-state index in [2.05, 4.69) is 47.9 Å². The van der Waals surface area contributed by atoms with E-state index in [0.29, 0.717) is 24.7 Å². The van der Waals surface area contributed by atoms with Crippen LogP contribution >= 0.6 is 0 Å². The molecule has 1 fully saturated rings. The maximum absolute atomic E-state index is 12.3. The van der Waals surface area contributed by atoms with E-state index in [0.717, 1.165) is 41.8 Å². The maximum Gasteiger partial charge on any atom is 0.273 e. The van der Waals surface area contributed by atoms with Gasteiger partial charge in [-0.15, -0.1) is 10.2 Å². The van der Waals surface area contributed by atoms with Crippen LogP contribution in [0.2, 0.25) is 0 Å². The lowest BCUT2D eigenvalue weighted by Crippen LogP contribution is -2.24. The summed E-state index contributed by atoms with van der Waals surface area (Å²) in [5.74, 6) is 1.21. The Hall–Kier alpha value is -3.56. The van der Waals surface area contributed by atoms with Gasteiger partial charge in [-0.1, -0.05) is 5.21 Å². The second-order valence-electron chi connectivity index (χ2n) is 8.10. The molecule has 2 N–H and O–H groups in total. The number of carbonyl (C=O) groups excluding carboxylic acids is 1. The fourth-order valence-electron chi connectivity index (χ4n) is 3.64. The fourth-order valence-corrected chi connectivity index (χ4v) is 3.64. The van der Waals surface area contributed by atoms with Crippen molar-refractivity contribution in [3.63, 3.8) is 0 Å². The van der Waals surface area contributed by atoms with Gasteiger partial charge in [0, 0.05) is 37.1 Å². The molecule has 4 heterocycles. The molecule has 1 amide bonds. The molecule has 10 heteroatoms. The van der Waals surface area contributed by atoms with Crippen LogP contribution < -0.4 is 5.32 Å². The van der Waals surface area contributed by atoms with Gasteiger partial charge in [0.05, 0.1) is 18.4 Å². The fraction of sp³-hybridized carbons (Fsp3) is 0.429. The average molecular weight is 419 g/mol. The second kappa shape index (κ2) is 8.29. The minimum Gasteiger partial charge on any atom is -0.343 e. The first-order valence-electron chi connectivity index (χ1n) is 10.7. The highest BCUT2D eigenvalue weighted by Crippen LogP contribution is 2.40. The number of aryl methyl sites for hydroxylation is 3. The van der Waals surface area contributed by atoms with Crippen molar-refractivity contribution < 1.29 is 4.79 Å². The molecule has 0 radical (unpaired) electrons. The summed E-state index contributed by atoms with van der Waals surface area (Å²) in [6.07, 6.45) is 10.5. The van der Waals surface area contributed by atoms with E-state index in [1.165, 1.54) is 18.5 Å². The molecule has 0 bridgehead atoms. The lowest BCUT2D eigenvalue weighted by molar-refractivity contribution is 0.0944. The summed E-state index contributed by atoms with van der Waals surface area (Å²) in [6, 6.07) is 4.34. The number of hydrogen-bond acceptors (Lipinski definition) is 6. The SMILES string of the molecule is Cn1ccnc1CNC(=O)c1cn(CCCCc2cc3cc(C4CC4)[nH]c3nn2)nn1. The summed E-state index contributed by atoms with van der Waals surface area (Å²) in [5.41, 5.74) is 3.47. The zero-order valence-corrected chi connectivity index (χ0v) is 17.5. The van der Waals surface area contributed by atoms with Crippen molar-refractivity contribution in [3.8, 4) is 0 Å². The number of amides is 1. The Labute approximate surface area is 179 Å². The van der Waals surface area contributed by atoms with Gasteiger partial charge >= 0.3 is 0 Å². The van der Waals surface area contributed by atoms with Gasteiger partial charge in [-0.2, -0.15) is 5.10 Å². The van der Waals surface area contributed by atoms with Gasteiger partial charge < -0.3 is 14.9 Å². The number of nitrogens with zero attached hydrogens (tertiary/aromatic N) is 7. The smallest absolute Gasteiger partial charge is 0.273 e. The Bertz CT molecular complexity index is 1200. The first-order valence-corrected chi connectivity index (χ1v) is 10.7. The van der Waals surface area contributed by atoms with Crippen molar-refractivity contribution >= 4 is 16.9 Å². The summed E-state index contributed by atoms with van der Waals surface area (Å²) in [5, 5.41) is 20.7. The van der Waals surface area contributed by atoms with Crippen molar-refractivity contribution in [2.75, 3.05) is 0 Å². The molecule has 0 spiro atoms. The zero-order valence-electron chi connectivity index (χ0n) is 17.5. The van der Waals surface area contributed by atoms with Gasteiger partial charge in [-0.05, 0) is 50.2 Å². The summed E-state index contributed by atoms with van der Waals surface area (Å²) < 4.78 is 3.57. The zero-order chi connectivity index (χ0) is 21.2. The molecular formula is C21H25N9O. The van der Waals surface area contributed by atoms with Crippen molar-refractivity contribution in [2.24, 2.45) is 7.05 Å². The Morgan fingerprint density at radius 1 is 1.23 bits per heavy atom. The number of fused-ring (bicyclic) bond motifs is 1. The van der Waals surface area contributed by atoms with Crippen LogP contribution in [0.15, 0.2) is 30.7 Å². The number of aromatic nitrogens is 8. The highest BCUT2D eigenvalue weighted by atomic mass is 16.2. The number of unbranched alkanes of at least 4 members (excludes halogenated alkanes) is 1. The second-order valence-corrected chi connectivity index (χ2v) is 8.10. The van der Waals surface area contributed by atoms with Gasteiger partial charge in [0.25, 0.3) is 5.91 Å². The molecular weight excluding hydrogens is 394 g/mol. The monoisotopic (exact) mass is 419 g/mol. The van der Waals surface area contributed by atoms with Crippen LogP contribution in [0.25, 0.3) is 11.0 Å². The van der Waals surface area contributed by atoms with Gasteiger partial charge in [0.15, 0.2) is 11.3 Å². The van der Waals surface area contributed by atoms with Crippen LogP contribution in [-0.2, 0) is 26.6 Å². The van der Waals surface area contributed by atoms with E-state index in [-0.39, 0.29) is 5.91 Å². The van der Waals surface area contributed by atoms with E-state index in [4.69, 9.17) is 0 Å². The molecule has 0 saturated heterocycles. The van der Waals surface area contributed by atoms with Crippen molar-refractivity contribution in [2.45, 2.75) is 51.1 Å². The van der Waals surface area contributed by atoms with E-state index in [1.54, 1.807) is 17.1 Å². The van der Waals surface area contributed by atoms with Crippen LogP contribution in [0.3, 0.4) is 0 Å². The van der Waals surface area contributed by atoms with Crippen LogP contribution in [0, 0.1) is 0 Å². The number of aromatic amines is 1. The van der Waals surface area contributed by atoms with E-state index >= 15 is 0 Å². The van der Waals surface area contributed by atoms with Gasteiger partial charge in [0.1, 0.15) is 5.82 Å². The molecule has 0 unspecified atom stereocenters. The number of imidazole rings is 1. The number of hydrogen-bond donors (Lipinski definition) is 2. The quantitative estimate of drug-likeness (QED) is 0.401. The molecule has 0 aromatic carbocycles. The van der Waals surface area contributed by atoms with Crippen molar-refractivity contribution in [1.82, 2.24) is 45.0 Å². The van der Waals surface area contributed by atoms with Gasteiger partial charge in [-0.25, -0.2) is 4.98 Å². The van der Waals surface area contributed by atoms with Gasteiger partial charge in [0.2, 0.25) is 0 Å². The molecule has 1 saturated carbocycles. The van der Waals surface area contributed by atoms with Crippen LogP contribution in [0.1, 0.15) is 59.3 Å². The third kappa shape index (κ3) is 4.47. The van der Waals surface area contributed by atoms with Crippen LogP contribution in [0.4, 0.5) is 0 Å². The van der Waals surface area contributed by atoms with Crippen LogP contribution in [0.5, 0.6) is 0 Å². The predicted molar refractivity (Wildman–Crippen MR) is 113 cm³/mol. The lowest BCUT2D eigenvalue weighted by atomic mass is 10.1. The molecule has 160 valence electrons. The Morgan fingerprint density at radius 2 is 2.13 bits per heavy atom. The average Bonchev–Trinajstić information content (AvgIpc) is 3.17. The highest BCUT2D eigenvalue weighted by molar-refractivity contribution is 5.91.